The van der Waals surface area contributed by atoms with Crippen LogP contribution in [0.1, 0.15) is 18.4 Å². The molecule has 0 saturated carbocycles. The molecule has 3 N–H and O–H groups in total. The summed E-state index contributed by atoms with van der Waals surface area (Å²) in [5.74, 6) is 1.16. The maximum atomic E-state index is 11.8. The molecule has 0 aliphatic rings. The minimum atomic E-state index is 0.0383. The van der Waals surface area contributed by atoms with Crippen molar-refractivity contribution < 1.29 is 4.79 Å². The lowest BCUT2D eigenvalue weighted by Gasteiger charge is -2.15. The topological polar surface area (TPSA) is 58.4 Å². The molecule has 0 heterocycles. The zero-order chi connectivity index (χ0) is 15.7. The number of rotatable bonds is 9. The Labute approximate surface area is 136 Å². The average molecular weight is 326 g/mol. The molecule has 0 aliphatic carbocycles. The third-order valence-electron chi connectivity index (χ3n) is 3.07. The number of nitrogens with one attached hydrogen (secondary N) is 1. The number of thiocarbonyl (C=S) groups is 1. The fraction of sp³-hybridized carbons (Fsp3) is 0.467. The highest BCUT2D eigenvalue weighted by atomic mass is 32.2. The molecule has 0 aromatic heterocycles. The number of carbonyl (C=O) groups is 1. The highest BCUT2D eigenvalue weighted by molar-refractivity contribution is 7.98. The summed E-state index contributed by atoms with van der Waals surface area (Å²) < 4.78 is 0. The molecule has 1 amide bonds. The number of hydrogen-bond acceptors (Lipinski definition) is 4. The van der Waals surface area contributed by atoms with E-state index in [2.05, 4.69) is 23.5 Å². The Balaban J connectivity index is 2.28. The molecule has 4 nitrogen and oxygen atoms in total. The van der Waals surface area contributed by atoms with Gasteiger partial charge in [0.05, 0.1) is 0 Å². The van der Waals surface area contributed by atoms with E-state index in [4.69, 9.17) is 18.0 Å². The first-order valence-corrected chi connectivity index (χ1v) is 8.70. The normalized spacial score (nSPS) is 10.6. The van der Waals surface area contributed by atoms with Crippen LogP contribution in [0.4, 0.5) is 5.69 Å². The summed E-state index contributed by atoms with van der Waals surface area (Å²) in [6, 6.07) is 7.26. The molecule has 0 aliphatic heterocycles. The molecular weight excluding hydrogens is 302 g/mol. The van der Waals surface area contributed by atoms with Gasteiger partial charge in [-0.15, -0.1) is 0 Å². The van der Waals surface area contributed by atoms with Crippen LogP contribution in [0.25, 0.3) is 0 Å². The van der Waals surface area contributed by atoms with Crippen molar-refractivity contribution in [3.63, 3.8) is 0 Å². The molecule has 1 rings (SSSR count). The van der Waals surface area contributed by atoms with E-state index in [1.165, 1.54) is 0 Å². The Morgan fingerprint density at radius 2 is 2.00 bits per heavy atom. The fourth-order valence-corrected chi connectivity index (χ4v) is 2.44. The number of amides is 1. The summed E-state index contributed by atoms with van der Waals surface area (Å²) in [6.07, 6.45) is 3.49. The first kappa shape index (κ1) is 17.9. The van der Waals surface area contributed by atoms with Crippen molar-refractivity contribution in [3.8, 4) is 0 Å². The lowest BCUT2D eigenvalue weighted by atomic mass is 10.2. The van der Waals surface area contributed by atoms with E-state index in [1.54, 1.807) is 0 Å². The molecule has 0 saturated heterocycles. The van der Waals surface area contributed by atoms with E-state index in [1.807, 2.05) is 36.0 Å². The van der Waals surface area contributed by atoms with E-state index < -0.39 is 0 Å². The highest BCUT2D eigenvalue weighted by Gasteiger charge is 2.04. The van der Waals surface area contributed by atoms with Gasteiger partial charge in [0.25, 0.3) is 0 Å². The number of hydrogen-bond donors (Lipinski definition) is 2. The molecule has 1 aromatic carbocycles. The molecule has 0 spiro atoms. The first-order valence-electron chi connectivity index (χ1n) is 6.90. The molecule has 0 atom stereocenters. The third kappa shape index (κ3) is 7.45. The van der Waals surface area contributed by atoms with Gasteiger partial charge in [0.2, 0.25) is 5.91 Å². The second-order valence-corrected chi connectivity index (χ2v) is 6.31. The standard InChI is InChI=1S/C15H23N3OS2/c1-18(10-11-21-2)9-3-4-14(19)17-13-7-5-12(6-8-13)15(16)20/h5-8H,3-4,9-11H2,1-2H3,(H2,16,20)(H,17,19). The lowest BCUT2D eigenvalue weighted by molar-refractivity contribution is -0.116. The van der Waals surface area contributed by atoms with E-state index in [-0.39, 0.29) is 5.91 Å². The Morgan fingerprint density at radius 1 is 1.33 bits per heavy atom. The highest BCUT2D eigenvalue weighted by Crippen LogP contribution is 2.10. The molecule has 0 fully saturated rings. The zero-order valence-electron chi connectivity index (χ0n) is 12.6. The predicted octanol–water partition coefficient (Wildman–Crippen LogP) is 2.33. The van der Waals surface area contributed by atoms with E-state index in [9.17, 15) is 4.79 Å². The molecule has 116 valence electrons. The van der Waals surface area contributed by atoms with Gasteiger partial charge in [0.1, 0.15) is 4.99 Å². The van der Waals surface area contributed by atoms with E-state index in [0.29, 0.717) is 11.4 Å². The van der Waals surface area contributed by atoms with Crippen LogP contribution >= 0.6 is 24.0 Å². The number of nitrogens with two attached hydrogens (primary N) is 1. The van der Waals surface area contributed by atoms with Crippen LogP contribution in [0.15, 0.2) is 24.3 Å². The van der Waals surface area contributed by atoms with Crippen LogP contribution in [-0.4, -0.2) is 47.9 Å². The van der Waals surface area contributed by atoms with Gasteiger partial charge >= 0.3 is 0 Å². The summed E-state index contributed by atoms with van der Waals surface area (Å²) in [5, 5.41) is 2.88. The van der Waals surface area contributed by atoms with Gasteiger partial charge in [-0.1, -0.05) is 12.2 Å². The van der Waals surface area contributed by atoms with Gasteiger partial charge in [0.15, 0.2) is 0 Å². The first-order chi connectivity index (χ1) is 10.0. The maximum absolute atomic E-state index is 11.8. The van der Waals surface area contributed by atoms with Crippen LogP contribution in [-0.2, 0) is 4.79 Å². The summed E-state index contributed by atoms with van der Waals surface area (Å²) >= 11 is 6.72. The summed E-state index contributed by atoms with van der Waals surface area (Å²) in [4.78, 5) is 14.5. The fourth-order valence-electron chi connectivity index (χ4n) is 1.81. The number of nitrogens with zero attached hydrogens (tertiary/aromatic N) is 1. The van der Waals surface area contributed by atoms with Crippen LogP contribution < -0.4 is 11.1 Å². The summed E-state index contributed by atoms with van der Waals surface area (Å²) in [5.41, 5.74) is 7.11. The van der Waals surface area contributed by atoms with Crippen molar-refractivity contribution in [1.29, 1.82) is 0 Å². The van der Waals surface area contributed by atoms with Gasteiger partial charge in [0, 0.05) is 30.0 Å². The van der Waals surface area contributed by atoms with Crippen LogP contribution in [0.5, 0.6) is 0 Å². The smallest absolute Gasteiger partial charge is 0.224 e. The molecular formula is C15H23N3OS2. The molecule has 0 unspecified atom stereocenters. The quantitative estimate of drug-likeness (QED) is 0.683. The van der Waals surface area contributed by atoms with Crippen LogP contribution in [0.3, 0.4) is 0 Å². The second-order valence-electron chi connectivity index (χ2n) is 4.89. The van der Waals surface area contributed by atoms with Gasteiger partial charge in [-0.3, -0.25) is 4.79 Å². The summed E-state index contributed by atoms with van der Waals surface area (Å²) in [6.45, 7) is 2.00. The SMILES string of the molecule is CSCCN(C)CCCC(=O)Nc1ccc(C(N)=S)cc1. The van der Waals surface area contributed by atoms with Crippen LogP contribution in [0.2, 0.25) is 0 Å². The minimum absolute atomic E-state index is 0.0383. The molecule has 0 radical (unpaired) electrons. The van der Waals surface area contributed by atoms with Crippen molar-refractivity contribution in [2.24, 2.45) is 5.73 Å². The van der Waals surface area contributed by atoms with Crippen molar-refractivity contribution >= 4 is 40.6 Å². The lowest BCUT2D eigenvalue weighted by Crippen LogP contribution is -2.23. The average Bonchev–Trinajstić information content (AvgIpc) is 2.45. The predicted molar refractivity (Wildman–Crippen MR) is 96.1 cm³/mol. The Hall–Kier alpha value is -1.11. The third-order valence-corrected chi connectivity index (χ3v) is 3.90. The minimum Gasteiger partial charge on any atom is -0.389 e. The van der Waals surface area contributed by atoms with Crippen molar-refractivity contribution in [1.82, 2.24) is 4.90 Å². The van der Waals surface area contributed by atoms with Crippen LogP contribution in [0, 0.1) is 0 Å². The number of thioether (sulfide) groups is 1. The van der Waals surface area contributed by atoms with E-state index >= 15 is 0 Å². The largest absolute Gasteiger partial charge is 0.389 e. The van der Waals surface area contributed by atoms with Crippen molar-refractivity contribution in [2.45, 2.75) is 12.8 Å². The van der Waals surface area contributed by atoms with Gasteiger partial charge in [-0.25, -0.2) is 0 Å². The Morgan fingerprint density at radius 3 is 2.57 bits per heavy atom. The van der Waals surface area contributed by atoms with Gasteiger partial charge in [-0.2, -0.15) is 11.8 Å². The molecule has 21 heavy (non-hydrogen) atoms. The molecule has 6 heteroatoms. The van der Waals surface area contributed by atoms with Gasteiger partial charge < -0.3 is 16.0 Å². The number of carbonyl (C=O) groups excluding carboxylic acids is 1. The second kappa shape index (κ2) is 9.76. The Bertz CT molecular complexity index is 462. The monoisotopic (exact) mass is 325 g/mol. The molecule has 1 aromatic rings. The van der Waals surface area contributed by atoms with E-state index in [0.717, 1.165) is 36.5 Å². The van der Waals surface area contributed by atoms with Crippen molar-refractivity contribution in [2.75, 3.05) is 37.5 Å². The number of benzene rings is 1. The maximum Gasteiger partial charge on any atom is 0.224 e. The summed E-state index contributed by atoms with van der Waals surface area (Å²) in [7, 11) is 2.09. The Kier molecular flexibility index (Phi) is 8.34. The zero-order valence-corrected chi connectivity index (χ0v) is 14.2. The number of anilines is 1. The van der Waals surface area contributed by atoms with Gasteiger partial charge in [-0.05, 0) is 50.5 Å². The molecule has 0 bridgehead atoms. The van der Waals surface area contributed by atoms with Crippen molar-refractivity contribution in [3.05, 3.63) is 29.8 Å².